The molecule has 1 amide bonds. The van der Waals surface area contributed by atoms with Crippen LogP contribution in [-0.2, 0) is 6.54 Å². The van der Waals surface area contributed by atoms with E-state index in [4.69, 9.17) is 4.74 Å². The van der Waals surface area contributed by atoms with Gasteiger partial charge in [-0.05, 0) is 64.4 Å². The Morgan fingerprint density at radius 3 is 2.64 bits per heavy atom. The van der Waals surface area contributed by atoms with E-state index >= 15 is 0 Å². The lowest BCUT2D eigenvalue weighted by atomic mass is 10.0. The second kappa shape index (κ2) is 9.56. The molecule has 4 rings (SSSR count). The van der Waals surface area contributed by atoms with E-state index in [0.29, 0.717) is 22.6 Å². The maximum absolute atomic E-state index is 14.7. The minimum Gasteiger partial charge on any atom is -0.410 e. The molecule has 4 aromatic rings. The lowest BCUT2D eigenvalue weighted by Crippen LogP contribution is -2.26. The highest BCUT2D eigenvalue weighted by atomic mass is 19.1. The van der Waals surface area contributed by atoms with E-state index in [1.807, 2.05) is 26.8 Å². The molecule has 0 unspecified atom stereocenters. The molecule has 9 heteroatoms. The first-order valence-electron chi connectivity index (χ1n) is 10.5. The molecule has 0 bridgehead atoms. The average Bonchev–Trinajstić information content (AvgIpc) is 3.29. The monoisotopic (exact) mass is 446 g/mol. The van der Waals surface area contributed by atoms with Gasteiger partial charge in [0.25, 0.3) is 0 Å². The Labute approximate surface area is 190 Å². The van der Waals surface area contributed by atoms with Gasteiger partial charge < -0.3 is 10.1 Å². The van der Waals surface area contributed by atoms with Gasteiger partial charge in [0.15, 0.2) is 5.82 Å². The maximum Gasteiger partial charge on any atom is 0.412 e. The number of carbonyl (C=O) groups is 1. The van der Waals surface area contributed by atoms with Crippen LogP contribution in [-0.4, -0.2) is 31.3 Å². The summed E-state index contributed by atoms with van der Waals surface area (Å²) >= 11 is 0. The van der Waals surface area contributed by atoms with Gasteiger partial charge in [-0.3, -0.25) is 4.98 Å². The number of nitrogens with one attached hydrogen (secondary N) is 1. The number of carbonyl (C=O) groups excluding carboxylic acids is 1. The van der Waals surface area contributed by atoms with Crippen molar-refractivity contribution in [2.24, 2.45) is 0 Å². The summed E-state index contributed by atoms with van der Waals surface area (Å²) in [5, 5.41) is 14.6. The zero-order valence-corrected chi connectivity index (χ0v) is 18.5. The van der Waals surface area contributed by atoms with Crippen molar-refractivity contribution < 1.29 is 13.9 Å². The number of pyridine rings is 1. The summed E-state index contributed by atoms with van der Waals surface area (Å²) in [5.41, 5.74) is 3.16. The molecule has 0 aliphatic rings. The Hall–Kier alpha value is -4.14. The van der Waals surface area contributed by atoms with E-state index in [-0.39, 0.29) is 24.0 Å². The number of nitrogens with zero attached hydrogens (tertiary/aromatic N) is 5. The van der Waals surface area contributed by atoms with Crippen LogP contribution in [0.2, 0.25) is 0 Å². The summed E-state index contributed by atoms with van der Waals surface area (Å²) < 4.78 is 21.8. The Bertz CT molecular complexity index is 1270. The SMILES string of the molecule is Cc1ccc(-c2cc(OC(=O)NCc3ccncc3)cc(-n3nnnc3C(C)C)c2)c(F)c1. The molecule has 0 saturated heterocycles. The van der Waals surface area contributed by atoms with Crippen molar-refractivity contribution in [1.29, 1.82) is 0 Å². The van der Waals surface area contributed by atoms with Crippen LogP contribution in [0.25, 0.3) is 16.8 Å². The normalized spacial score (nSPS) is 10.9. The van der Waals surface area contributed by atoms with Gasteiger partial charge in [0, 0.05) is 36.5 Å². The molecule has 2 aromatic heterocycles. The van der Waals surface area contributed by atoms with E-state index < -0.39 is 6.09 Å². The van der Waals surface area contributed by atoms with E-state index in [1.54, 1.807) is 53.5 Å². The van der Waals surface area contributed by atoms with E-state index in [2.05, 4.69) is 25.8 Å². The van der Waals surface area contributed by atoms with Crippen molar-refractivity contribution in [3.63, 3.8) is 0 Å². The van der Waals surface area contributed by atoms with Crippen LogP contribution in [0.15, 0.2) is 60.9 Å². The first kappa shape index (κ1) is 22.1. The van der Waals surface area contributed by atoms with Gasteiger partial charge in [0.2, 0.25) is 0 Å². The van der Waals surface area contributed by atoms with Crippen molar-refractivity contribution >= 4 is 6.09 Å². The summed E-state index contributed by atoms with van der Waals surface area (Å²) in [4.78, 5) is 16.4. The second-order valence-corrected chi connectivity index (χ2v) is 7.90. The lowest BCUT2D eigenvalue weighted by molar-refractivity contribution is 0.200. The van der Waals surface area contributed by atoms with Crippen molar-refractivity contribution in [3.05, 3.63) is 83.7 Å². The molecule has 0 atom stereocenters. The molecule has 0 aliphatic heterocycles. The third-order valence-corrected chi connectivity index (χ3v) is 4.98. The van der Waals surface area contributed by atoms with Gasteiger partial charge in [-0.1, -0.05) is 26.0 Å². The first-order valence-corrected chi connectivity index (χ1v) is 10.5. The smallest absolute Gasteiger partial charge is 0.410 e. The van der Waals surface area contributed by atoms with Gasteiger partial charge in [-0.25, -0.2) is 9.18 Å². The topological polar surface area (TPSA) is 94.8 Å². The predicted molar refractivity (Wildman–Crippen MR) is 120 cm³/mol. The molecule has 0 aliphatic carbocycles. The number of hydrogen-bond donors (Lipinski definition) is 1. The molecule has 33 heavy (non-hydrogen) atoms. The average molecular weight is 446 g/mol. The highest BCUT2D eigenvalue weighted by molar-refractivity contribution is 5.74. The van der Waals surface area contributed by atoms with Gasteiger partial charge in [-0.2, -0.15) is 4.68 Å². The molecule has 0 radical (unpaired) electrons. The zero-order valence-electron chi connectivity index (χ0n) is 18.5. The molecule has 0 spiro atoms. The summed E-state index contributed by atoms with van der Waals surface area (Å²) in [6.07, 6.45) is 2.65. The number of benzene rings is 2. The molecular formula is C24H23FN6O2. The molecule has 0 saturated carbocycles. The van der Waals surface area contributed by atoms with Crippen LogP contribution >= 0.6 is 0 Å². The number of aromatic nitrogens is 5. The largest absolute Gasteiger partial charge is 0.412 e. The van der Waals surface area contributed by atoms with Crippen LogP contribution in [0, 0.1) is 12.7 Å². The predicted octanol–water partition coefficient (Wildman–Crippen LogP) is 4.58. The second-order valence-electron chi connectivity index (χ2n) is 7.90. The molecule has 8 nitrogen and oxygen atoms in total. The number of hydrogen-bond acceptors (Lipinski definition) is 6. The minimum absolute atomic E-state index is 0.0489. The highest BCUT2D eigenvalue weighted by Gasteiger charge is 2.17. The van der Waals surface area contributed by atoms with Gasteiger partial charge in [-0.15, -0.1) is 5.10 Å². The Kier molecular flexibility index (Phi) is 6.39. The summed E-state index contributed by atoms with van der Waals surface area (Å²) in [6.45, 7) is 6.04. The molecule has 1 N–H and O–H groups in total. The van der Waals surface area contributed by atoms with Crippen LogP contribution in [0.5, 0.6) is 5.75 Å². The molecule has 0 fully saturated rings. The zero-order chi connectivity index (χ0) is 23.4. The molecular weight excluding hydrogens is 423 g/mol. The van der Waals surface area contributed by atoms with Crippen molar-refractivity contribution in [1.82, 2.24) is 30.5 Å². The number of rotatable bonds is 6. The summed E-state index contributed by atoms with van der Waals surface area (Å²) in [7, 11) is 0. The number of ether oxygens (including phenoxy) is 1. The molecule has 2 aromatic carbocycles. The van der Waals surface area contributed by atoms with Crippen molar-refractivity contribution in [2.75, 3.05) is 0 Å². The minimum atomic E-state index is -0.639. The number of halogens is 1. The Morgan fingerprint density at radius 2 is 1.91 bits per heavy atom. The third-order valence-electron chi connectivity index (χ3n) is 4.98. The molecule has 2 heterocycles. The standard InChI is InChI=1S/C24H23FN6O2/c1-15(2)23-28-29-30-31(23)19-11-18(21-5-4-16(3)10-22(21)25)12-20(13-19)33-24(32)27-14-17-6-8-26-9-7-17/h4-13,15H,14H2,1-3H3,(H,27,32). The van der Waals surface area contributed by atoms with Crippen LogP contribution < -0.4 is 10.1 Å². The van der Waals surface area contributed by atoms with Crippen LogP contribution in [0.4, 0.5) is 9.18 Å². The molecule has 168 valence electrons. The number of aryl methyl sites for hydroxylation is 1. The van der Waals surface area contributed by atoms with Crippen molar-refractivity contribution in [2.45, 2.75) is 33.2 Å². The van der Waals surface area contributed by atoms with E-state index in [9.17, 15) is 9.18 Å². The fourth-order valence-electron chi connectivity index (χ4n) is 3.33. The van der Waals surface area contributed by atoms with E-state index in [0.717, 1.165) is 11.1 Å². The number of amides is 1. The van der Waals surface area contributed by atoms with E-state index in [1.165, 1.54) is 6.07 Å². The van der Waals surface area contributed by atoms with Crippen LogP contribution in [0.3, 0.4) is 0 Å². The fourth-order valence-corrected chi connectivity index (χ4v) is 3.33. The quantitative estimate of drug-likeness (QED) is 0.466. The van der Waals surface area contributed by atoms with Crippen LogP contribution in [0.1, 0.15) is 36.7 Å². The Balaban J connectivity index is 1.68. The van der Waals surface area contributed by atoms with Gasteiger partial charge >= 0.3 is 6.09 Å². The Morgan fingerprint density at radius 1 is 1.12 bits per heavy atom. The lowest BCUT2D eigenvalue weighted by Gasteiger charge is -2.13. The highest BCUT2D eigenvalue weighted by Crippen LogP contribution is 2.31. The number of tetrazole rings is 1. The van der Waals surface area contributed by atoms with Crippen molar-refractivity contribution in [3.8, 4) is 22.6 Å². The first-order chi connectivity index (χ1) is 15.9. The summed E-state index contributed by atoms with van der Waals surface area (Å²) in [5.74, 6) is 0.540. The van der Waals surface area contributed by atoms with Gasteiger partial charge in [0.05, 0.1) is 5.69 Å². The third kappa shape index (κ3) is 5.20. The maximum atomic E-state index is 14.7. The summed E-state index contributed by atoms with van der Waals surface area (Å²) in [6, 6.07) is 13.6. The fraction of sp³-hybridized carbons (Fsp3) is 0.208. The van der Waals surface area contributed by atoms with Gasteiger partial charge in [0.1, 0.15) is 11.6 Å².